The molecule has 0 aromatic heterocycles. The normalized spacial score (nSPS) is 13.4. The number of benzene rings is 1. The molecule has 0 bridgehead atoms. The van der Waals surface area contributed by atoms with E-state index in [1.807, 2.05) is 0 Å². The number of carbonyl (C=O) groups is 2. The number of carbonyl (C=O) groups excluding carboxylic acids is 1. The van der Waals surface area contributed by atoms with Crippen LogP contribution >= 0.6 is 0 Å². The van der Waals surface area contributed by atoms with Crippen molar-refractivity contribution in [1.29, 1.82) is 0 Å². The van der Waals surface area contributed by atoms with E-state index in [4.69, 9.17) is 9.84 Å². The Balaban J connectivity index is 3.32. The predicted molar refractivity (Wildman–Crippen MR) is 67.2 cm³/mol. The molecule has 0 radical (unpaired) electrons. The molecule has 4 heteroatoms. The summed E-state index contributed by atoms with van der Waals surface area (Å²) in [7, 11) is 1.25. The number of carboxylic acids is 1. The lowest BCUT2D eigenvalue weighted by Crippen LogP contribution is -2.38. The maximum atomic E-state index is 12.0. The van der Waals surface area contributed by atoms with Gasteiger partial charge in [0.25, 0.3) is 0 Å². The molecule has 1 N–H and O–H groups in total. The van der Waals surface area contributed by atoms with Gasteiger partial charge in [-0.3, -0.25) is 9.59 Å². The van der Waals surface area contributed by atoms with Gasteiger partial charge in [0.2, 0.25) is 0 Å². The topological polar surface area (TPSA) is 63.6 Å². The van der Waals surface area contributed by atoms with Gasteiger partial charge in [0.1, 0.15) is 5.41 Å². The molecule has 0 aliphatic rings. The van der Waals surface area contributed by atoms with E-state index in [0.717, 1.165) is 0 Å². The summed E-state index contributed by atoms with van der Waals surface area (Å²) in [5, 5.41) is 9.04. The van der Waals surface area contributed by atoms with Gasteiger partial charge in [-0.15, -0.1) is 6.58 Å². The smallest absolute Gasteiger partial charge is 0.317 e. The quantitative estimate of drug-likeness (QED) is 0.619. The third-order valence-corrected chi connectivity index (χ3v) is 2.85. The summed E-state index contributed by atoms with van der Waals surface area (Å²) >= 11 is 0. The molecule has 0 saturated heterocycles. The molecule has 18 heavy (non-hydrogen) atoms. The fraction of sp³-hybridized carbons (Fsp3) is 0.286. The lowest BCUT2D eigenvalue weighted by molar-refractivity contribution is -0.153. The minimum absolute atomic E-state index is 0.218. The Morgan fingerprint density at radius 1 is 1.39 bits per heavy atom. The van der Waals surface area contributed by atoms with Crippen LogP contribution in [-0.2, 0) is 19.7 Å². The van der Waals surface area contributed by atoms with Gasteiger partial charge in [-0.05, 0) is 12.0 Å². The molecule has 1 rings (SSSR count). The second-order valence-corrected chi connectivity index (χ2v) is 4.00. The zero-order valence-corrected chi connectivity index (χ0v) is 10.3. The lowest BCUT2D eigenvalue weighted by atomic mass is 9.75. The maximum Gasteiger partial charge on any atom is 0.317 e. The lowest BCUT2D eigenvalue weighted by Gasteiger charge is -2.28. The first-order valence-corrected chi connectivity index (χ1v) is 5.53. The van der Waals surface area contributed by atoms with Crippen LogP contribution in [0.1, 0.15) is 18.4 Å². The van der Waals surface area contributed by atoms with E-state index in [-0.39, 0.29) is 12.8 Å². The molecule has 1 atom stereocenters. The van der Waals surface area contributed by atoms with Crippen LogP contribution in [0.4, 0.5) is 0 Å². The number of hydrogen-bond donors (Lipinski definition) is 1. The predicted octanol–water partition coefficient (Wildman–Crippen LogP) is 2.15. The summed E-state index contributed by atoms with van der Waals surface area (Å²) in [6, 6.07) is 8.78. The van der Waals surface area contributed by atoms with E-state index in [0.29, 0.717) is 5.56 Å². The van der Waals surface area contributed by atoms with Gasteiger partial charge in [0.05, 0.1) is 13.5 Å². The first kappa shape index (κ1) is 14.0. The van der Waals surface area contributed by atoms with Crippen LogP contribution in [0.15, 0.2) is 43.0 Å². The molecule has 0 fully saturated rings. The zero-order chi connectivity index (χ0) is 13.6. The van der Waals surface area contributed by atoms with Crippen molar-refractivity contribution in [2.75, 3.05) is 7.11 Å². The van der Waals surface area contributed by atoms with Crippen LogP contribution < -0.4 is 0 Å². The van der Waals surface area contributed by atoms with Crippen LogP contribution in [-0.4, -0.2) is 24.2 Å². The Hall–Kier alpha value is -2.10. The zero-order valence-electron chi connectivity index (χ0n) is 10.3. The average molecular weight is 248 g/mol. The van der Waals surface area contributed by atoms with Gasteiger partial charge in [-0.1, -0.05) is 36.4 Å². The first-order valence-electron chi connectivity index (χ1n) is 5.53. The fourth-order valence-electron chi connectivity index (χ4n) is 2.02. The summed E-state index contributed by atoms with van der Waals surface area (Å²) in [6.45, 7) is 3.59. The number of allylic oxidation sites excluding steroid dienone is 1. The van der Waals surface area contributed by atoms with Crippen molar-refractivity contribution in [3.8, 4) is 0 Å². The number of esters is 1. The van der Waals surface area contributed by atoms with Crippen molar-refractivity contribution >= 4 is 11.9 Å². The Morgan fingerprint density at radius 3 is 2.44 bits per heavy atom. The molecule has 0 amide bonds. The highest BCUT2D eigenvalue weighted by atomic mass is 16.5. The number of carboxylic acid groups (broad SMARTS) is 1. The minimum atomic E-state index is -1.20. The third-order valence-electron chi connectivity index (χ3n) is 2.85. The Bertz CT molecular complexity index is 438. The minimum Gasteiger partial charge on any atom is -0.481 e. The number of methoxy groups -OCH3 is 1. The molecule has 96 valence electrons. The van der Waals surface area contributed by atoms with E-state index in [1.54, 1.807) is 30.3 Å². The molecular weight excluding hydrogens is 232 g/mol. The van der Waals surface area contributed by atoms with Crippen molar-refractivity contribution in [3.63, 3.8) is 0 Å². The van der Waals surface area contributed by atoms with Gasteiger partial charge in [-0.25, -0.2) is 0 Å². The number of aliphatic carboxylic acids is 1. The molecule has 4 nitrogen and oxygen atoms in total. The highest BCUT2D eigenvalue weighted by Crippen LogP contribution is 2.33. The highest BCUT2D eigenvalue weighted by molar-refractivity contribution is 5.88. The van der Waals surface area contributed by atoms with Crippen molar-refractivity contribution in [1.82, 2.24) is 0 Å². The standard InChI is InChI=1S/C14H16O4/c1-3-9-14(10-12(15)16,13(17)18-2)11-7-5-4-6-8-11/h3-8H,1,9-10H2,2H3,(H,15,16). The molecule has 0 aliphatic heterocycles. The molecular formula is C14H16O4. The van der Waals surface area contributed by atoms with Crippen molar-refractivity contribution in [3.05, 3.63) is 48.6 Å². The number of rotatable bonds is 6. The van der Waals surface area contributed by atoms with E-state index < -0.39 is 17.4 Å². The summed E-state index contributed by atoms with van der Waals surface area (Å²) in [5.41, 5.74) is -0.581. The molecule has 0 spiro atoms. The van der Waals surface area contributed by atoms with E-state index >= 15 is 0 Å². The largest absolute Gasteiger partial charge is 0.481 e. The molecule has 1 aromatic rings. The second kappa shape index (κ2) is 6.00. The van der Waals surface area contributed by atoms with Crippen LogP contribution in [0.5, 0.6) is 0 Å². The van der Waals surface area contributed by atoms with Crippen LogP contribution in [0, 0.1) is 0 Å². The molecule has 0 aliphatic carbocycles. The van der Waals surface area contributed by atoms with Crippen LogP contribution in [0.2, 0.25) is 0 Å². The summed E-state index contributed by atoms with van der Waals surface area (Å²) in [4.78, 5) is 23.1. The van der Waals surface area contributed by atoms with Gasteiger partial charge < -0.3 is 9.84 Å². The van der Waals surface area contributed by atoms with Crippen molar-refractivity contribution in [2.24, 2.45) is 0 Å². The Morgan fingerprint density at radius 2 is 2.00 bits per heavy atom. The second-order valence-electron chi connectivity index (χ2n) is 4.00. The fourth-order valence-corrected chi connectivity index (χ4v) is 2.02. The number of ether oxygens (including phenoxy) is 1. The van der Waals surface area contributed by atoms with E-state index in [9.17, 15) is 9.59 Å². The van der Waals surface area contributed by atoms with Crippen LogP contribution in [0.3, 0.4) is 0 Å². The summed E-state index contributed by atoms with van der Waals surface area (Å²) in [6.07, 6.45) is 1.43. The number of hydrogen-bond acceptors (Lipinski definition) is 3. The molecule has 1 unspecified atom stereocenters. The van der Waals surface area contributed by atoms with Crippen LogP contribution in [0.25, 0.3) is 0 Å². The molecule has 0 heterocycles. The molecule has 1 aromatic carbocycles. The summed E-state index contributed by atoms with van der Waals surface area (Å²) in [5.74, 6) is -1.61. The van der Waals surface area contributed by atoms with Gasteiger partial charge in [-0.2, -0.15) is 0 Å². The van der Waals surface area contributed by atoms with Crippen molar-refractivity contribution in [2.45, 2.75) is 18.3 Å². The van der Waals surface area contributed by atoms with Gasteiger partial charge in [0.15, 0.2) is 0 Å². The first-order chi connectivity index (χ1) is 8.56. The SMILES string of the molecule is C=CCC(CC(=O)O)(C(=O)OC)c1ccccc1. The van der Waals surface area contributed by atoms with E-state index in [1.165, 1.54) is 13.2 Å². The Kier molecular flexibility index (Phi) is 4.66. The van der Waals surface area contributed by atoms with E-state index in [2.05, 4.69) is 6.58 Å². The average Bonchev–Trinajstić information content (AvgIpc) is 2.37. The Labute approximate surface area is 106 Å². The maximum absolute atomic E-state index is 12.0. The third kappa shape index (κ3) is 2.77. The monoisotopic (exact) mass is 248 g/mol. The summed E-state index contributed by atoms with van der Waals surface area (Å²) < 4.78 is 4.77. The highest BCUT2D eigenvalue weighted by Gasteiger charge is 2.42. The van der Waals surface area contributed by atoms with Gasteiger partial charge >= 0.3 is 11.9 Å². The van der Waals surface area contributed by atoms with Crippen molar-refractivity contribution < 1.29 is 19.4 Å². The van der Waals surface area contributed by atoms with Gasteiger partial charge in [0, 0.05) is 0 Å². The molecule has 0 saturated carbocycles.